The third kappa shape index (κ3) is 6.65. The van der Waals surface area contributed by atoms with Crippen molar-refractivity contribution < 1.29 is 27.4 Å². The summed E-state index contributed by atoms with van der Waals surface area (Å²) < 4.78 is 55.0. The Hall–Kier alpha value is -3.19. The molecule has 0 atom stereocenters. The van der Waals surface area contributed by atoms with Crippen LogP contribution in [0.15, 0.2) is 72.8 Å². The number of nitrogens with one attached hydrogen (secondary N) is 1. The summed E-state index contributed by atoms with van der Waals surface area (Å²) in [6.07, 6.45) is -2.96. The third-order valence-electron chi connectivity index (χ3n) is 5.54. The molecule has 1 aliphatic rings. The Bertz CT molecular complexity index is 1030. The number of halogens is 3. The molecule has 0 saturated carbocycles. The maximum atomic E-state index is 13.0. The molecule has 0 aliphatic carbocycles. The first-order valence-electron chi connectivity index (χ1n) is 11.0. The van der Waals surface area contributed by atoms with Crippen LogP contribution in [-0.2, 0) is 6.61 Å². The summed E-state index contributed by atoms with van der Waals surface area (Å²) in [5.41, 5.74) is 2.47. The highest BCUT2D eigenvalue weighted by Gasteiger charge is 2.33. The minimum atomic E-state index is -4.80. The Morgan fingerprint density at radius 2 is 1.52 bits per heavy atom. The lowest BCUT2D eigenvalue weighted by molar-refractivity contribution is -0.275. The zero-order valence-electron chi connectivity index (χ0n) is 18.1. The van der Waals surface area contributed by atoms with Crippen LogP contribution in [-0.4, -0.2) is 26.1 Å². The zero-order valence-corrected chi connectivity index (χ0v) is 18.1. The van der Waals surface area contributed by atoms with Crippen molar-refractivity contribution in [3.8, 4) is 28.4 Å². The van der Waals surface area contributed by atoms with Gasteiger partial charge in [0.25, 0.3) is 0 Å². The number of ether oxygens (including phenoxy) is 3. The van der Waals surface area contributed by atoms with Crippen LogP contribution in [0.5, 0.6) is 17.2 Å². The molecule has 4 rings (SSSR count). The molecule has 3 aromatic rings. The molecule has 0 radical (unpaired) electrons. The lowest BCUT2D eigenvalue weighted by Crippen LogP contribution is -2.30. The molecule has 3 aromatic carbocycles. The normalized spacial score (nSPS) is 14.6. The molecule has 1 aliphatic heterocycles. The van der Waals surface area contributed by atoms with E-state index in [2.05, 4.69) is 10.1 Å². The highest BCUT2D eigenvalue weighted by Crippen LogP contribution is 2.39. The Morgan fingerprint density at radius 3 is 2.27 bits per heavy atom. The van der Waals surface area contributed by atoms with Crippen LogP contribution in [0.3, 0.4) is 0 Å². The second kappa shape index (κ2) is 10.6. The summed E-state index contributed by atoms with van der Waals surface area (Å²) in [5.74, 6) is 0.648. The smallest absolute Gasteiger partial charge is 0.489 e. The first-order valence-corrected chi connectivity index (χ1v) is 11.0. The molecular formula is C26H26F3NO3. The van der Waals surface area contributed by atoms with Gasteiger partial charge in [-0.15, -0.1) is 13.2 Å². The van der Waals surface area contributed by atoms with E-state index in [4.69, 9.17) is 9.47 Å². The molecular weight excluding hydrogens is 431 g/mol. The van der Waals surface area contributed by atoms with Crippen LogP contribution >= 0.6 is 0 Å². The van der Waals surface area contributed by atoms with Crippen molar-refractivity contribution in [2.45, 2.75) is 25.8 Å². The quantitative estimate of drug-likeness (QED) is 0.437. The molecule has 0 bridgehead atoms. The molecule has 33 heavy (non-hydrogen) atoms. The van der Waals surface area contributed by atoms with Crippen molar-refractivity contribution in [2.24, 2.45) is 5.92 Å². The largest absolute Gasteiger partial charge is 0.573 e. The van der Waals surface area contributed by atoms with E-state index in [0.29, 0.717) is 24.5 Å². The number of hydrogen-bond acceptors (Lipinski definition) is 4. The summed E-state index contributed by atoms with van der Waals surface area (Å²) >= 11 is 0. The molecule has 1 heterocycles. The van der Waals surface area contributed by atoms with Crippen molar-refractivity contribution in [1.82, 2.24) is 5.32 Å². The molecule has 0 amide bonds. The molecule has 7 heteroatoms. The van der Waals surface area contributed by atoms with Gasteiger partial charge in [-0.05, 0) is 61.2 Å². The second-order valence-electron chi connectivity index (χ2n) is 7.98. The van der Waals surface area contributed by atoms with Crippen LogP contribution in [0.2, 0.25) is 0 Å². The highest BCUT2D eigenvalue weighted by molar-refractivity contribution is 5.72. The predicted molar refractivity (Wildman–Crippen MR) is 120 cm³/mol. The summed E-state index contributed by atoms with van der Waals surface area (Å²) in [7, 11) is 0. The van der Waals surface area contributed by atoms with Crippen molar-refractivity contribution in [3.63, 3.8) is 0 Å². The molecule has 0 aromatic heterocycles. The Labute approximate surface area is 191 Å². The fourth-order valence-electron chi connectivity index (χ4n) is 3.82. The molecule has 174 valence electrons. The van der Waals surface area contributed by atoms with E-state index in [9.17, 15) is 13.2 Å². The minimum absolute atomic E-state index is 0.0706. The molecule has 1 N–H and O–H groups in total. The van der Waals surface area contributed by atoms with E-state index in [-0.39, 0.29) is 17.4 Å². The molecule has 1 saturated heterocycles. The van der Waals surface area contributed by atoms with Gasteiger partial charge in [-0.3, -0.25) is 0 Å². The maximum Gasteiger partial charge on any atom is 0.573 e. The van der Waals surface area contributed by atoms with Crippen LogP contribution in [0.4, 0.5) is 13.2 Å². The van der Waals surface area contributed by atoms with Gasteiger partial charge in [-0.2, -0.15) is 0 Å². The van der Waals surface area contributed by atoms with E-state index in [1.807, 2.05) is 54.6 Å². The summed E-state index contributed by atoms with van der Waals surface area (Å²) in [5, 5.41) is 3.27. The number of benzene rings is 3. The number of piperidine rings is 1. The Kier molecular flexibility index (Phi) is 7.40. The first kappa shape index (κ1) is 23.0. The highest BCUT2D eigenvalue weighted by atomic mass is 19.4. The summed E-state index contributed by atoms with van der Waals surface area (Å²) in [4.78, 5) is 0. The fourth-order valence-corrected chi connectivity index (χ4v) is 3.82. The maximum absolute atomic E-state index is 13.0. The van der Waals surface area contributed by atoms with Gasteiger partial charge in [0.2, 0.25) is 0 Å². The summed E-state index contributed by atoms with van der Waals surface area (Å²) in [6.45, 7) is 2.48. The second-order valence-corrected chi connectivity index (χ2v) is 7.98. The van der Waals surface area contributed by atoms with E-state index >= 15 is 0 Å². The predicted octanol–water partition coefficient (Wildman–Crippen LogP) is 6.21. The first-order chi connectivity index (χ1) is 16.0. The topological polar surface area (TPSA) is 39.7 Å². The lowest BCUT2D eigenvalue weighted by atomic mass is 9.99. The number of hydrogen-bond donors (Lipinski definition) is 1. The standard InChI is InChI=1S/C26H26F3NO3/c27-26(28,29)33-24-11-10-21(16-25(24)32-18-20-12-14-30-15-13-20)22-8-4-5-9-23(22)31-17-19-6-2-1-3-7-19/h1-11,16,20,30H,12-15,17-18H2. The van der Waals surface area contributed by atoms with Gasteiger partial charge in [-0.1, -0.05) is 54.6 Å². The lowest BCUT2D eigenvalue weighted by Gasteiger charge is -2.23. The van der Waals surface area contributed by atoms with Crippen molar-refractivity contribution in [1.29, 1.82) is 0 Å². The van der Waals surface area contributed by atoms with Crippen molar-refractivity contribution in [3.05, 3.63) is 78.4 Å². The van der Waals surface area contributed by atoms with Gasteiger partial charge in [0, 0.05) is 5.56 Å². The van der Waals surface area contributed by atoms with Crippen molar-refractivity contribution >= 4 is 0 Å². The SMILES string of the molecule is FC(F)(F)Oc1ccc(-c2ccccc2OCc2ccccc2)cc1OCC1CCNCC1. The monoisotopic (exact) mass is 457 g/mol. The van der Waals surface area contributed by atoms with E-state index in [0.717, 1.165) is 37.1 Å². The zero-order chi connectivity index (χ0) is 23.1. The summed E-state index contributed by atoms with van der Waals surface area (Å²) in [6, 6.07) is 21.7. The van der Waals surface area contributed by atoms with Gasteiger partial charge in [-0.25, -0.2) is 0 Å². The number of para-hydroxylation sites is 1. The van der Waals surface area contributed by atoms with E-state index < -0.39 is 6.36 Å². The van der Waals surface area contributed by atoms with Gasteiger partial charge in [0.15, 0.2) is 11.5 Å². The number of rotatable bonds is 8. The third-order valence-corrected chi connectivity index (χ3v) is 5.54. The van der Waals surface area contributed by atoms with Gasteiger partial charge < -0.3 is 19.5 Å². The molecule has 4 nitrogen and oxygen atoms in total. The number of alkyl halides is 3. The molecule has 0 unspecified atom stereocenters. The molecule has 1 fully saturated rings. The molecule has 0 spiro atoms. The van der Waals surface area contributed by atoms with Crippen molar-refractivity contribution in [2.75, 3.05) is 19.7 Å². The average molecular weight is 457 g/mol. The van der Waals surface area contributed by atoms with Gasteiger partial charge >= 0.3 is 6.36 Å². The van der Waals surface area contributed by atoms with Crippen LogP contribution < -0.4 is 19.5 Å². The van der Waals surface area contributed by atoms with Crippen LogP contribution in [0.25, 0.3) is 11.1 Å². The minimum Gasteiger partial charge on any atom is -0.489 e. The van der Waals surface area contributed by atoms with Crippen LogP contribution in [0.1, 0.15) is 18.4 Å². The fraction of sp³-hybridized carbons (Fsp3) is 0.308. The average Bonchev–Trinajstić information content (AvgIpc) is 2.83. The van der Waals surface area contributed by atoms with E-state index in [1.54, 1.807) is 12.1 Å². The van der Waals surface area contributed by atoms with Gasteiger partial charge in [0.1, 0.15) is 12.4 Å². The Balaban J connectivity index is 1.58. The Morgan fingerprint density at radius 1 is 0.788 bits per heavy atom. The van der Waals surface area contributed by atoms with Gasteiger partial charge in [0.05, 0.1) is 6.61 Å². The van der Waals surface area contributed by atoms with Crippen LogP contribution in [0, 0.1) is 5.92 Å². The van der Waals surface area contributed by atoms with E-state index in [1.165, 1.54) is 6.07 Å².